The van der Waals surface area contributed by atoms with Gasteiger partial charge in [0.05, 0.1) is 17.9 Å². The zero-order valence-corrected chi connectivity index (χ0v) is 10.4. The highest BCUT2D eigenvalue weighted by molar-refractivity contribution is 6.31. The first kappa shape index (κ1) is 12.1. The maximum Gasteiger partial charge on any atom is 0.129 e. The normalized spacial score (nSPS) is 12.8. The zero-order valence-electron chi connectivity index (χ0n) is 9.61. The number of aryl methyl sites for hydroxylation is 2. The van der Waals surface area contributed by atoms with Gasteiger partial charge in [0.2, 0.25) is 0 Å². The second-order valence-corrected chi connectivity index (χ2v) is 4.36. The Hall–Kier alpha value is -1.39. The predicted octanol–water partition coefficient (Wildman–Crippen LogP) is 2.57. The van der Waals surface area contributed by atoms with Crippen LogP contribution >= 0.6 is 11.6 Å². The highest BCUT2D eigenvalue weighted by atomic mass is 35.5. The van der Waals surface area contributed by atoms with Crippen LogP contribution in [-0.4, -0.2) is 9.78 Å². The molecule has 1 aromatic heterocycles. The van der Waals surface area contributed by atoms with Crippen molar-refractivity contribution >= 4 is 11.6 Å². The van der Waals surface area contributed by atoms with E-state index in [0.29, 0.717) is 10.6 Å². The van der Waals surface area contributed by atoms with E-state index in [2.05, 4.69) is 5.10 Å². The fraction of sp³-hybridized carbons (Fsp3) is 0.250. The van der Waals surface area contributed by atoms with Crippen LogP contribution in [0.5, 0.6) is 0 Å². The largest absolute Gasteiger partial charge is 0.319 e. The Morgan fingerprint density at radius 1 is 1.47 bits per heavy atom. The summed E-state index contributed by atoms with van der Waals surface area (Å²) in [5.41, 5.74) is 8.06. The fourth-order valence-corrected chi connectivity index (χ4v) is 2.23. The van der Waals surface area contributed by atoms with Gasteiger partial charge in [0.15, 0.2) is 0 Å². The van der Waals surface area contributed by atoms with Gasteiger partial charge in [0.1, 0.15) is 5.82 Å². The predicted molar refractivity (Wildman–Crippen MR) is 65.4 cm³/mol. The van der Waals surface area contributed by atoms with Crippen LogP contribution in [0.15, 0.2) is 24.4 Å². The Labute approximate surface area is 104 Å². The van der Waals surface area contributed by atoms with E-state index in [9.17, 15) is 4.39 Å². The third-order valence-electron chi connectivity index (χ3n) is 2.78. The van der Waals surface area contributed by atoms with Crippen LogP contribution in [0.1, 0.15) is 22.9 Å². The van der Waals surface area contributed by atoms with Gasteiger partial charge in [-0.25, -0.2) is 4.39 Å². The van der Waals surface area contributed by atoms with Gasteiger partial charge in [-0.05, 0) is 24.6 Å². The van der Waals surface area contributed by atoms with Gasteiger partial charge in [-0.15, -0.1) is 0 Å². The summed E-state index contributed by atoms with van der Waals surface area (Å²) in [6.45, 7) is 1.89. The number of hydrogen-bond acceptors (Lipinski definition) is 2. The number of nitrogens with two attached hydrogens (primary N) is 1. The first-order valence-corrected chi connectivity index (χ1v) is 5.58. The first-order chi connectivity index (χ1) is 8.02. The molecular weight excluding hydrogens is 241 g/mol. The molecule has 0 fully saturated rings. The number of halogens is 2. The van der Waals surface area contributed by atoms with Gasteiger partial charge in [-0.2, -0.15) is 5.10 Å². The molecule has 5 heteroatoms. The summed E-state index contributed by atoms with van der Waals surface area (Å²) in [7, 11) is 1.77. The molecule has 0 aliphatic heterocycles. The van der Waals surface area contributed by atoms with Crippen LogP contribution in [0.3, 0.4) is 0 Å². The van der Waals surface area contributed by atoms with E-state index in [1.165, 1.54) is 6.07 Å². The van der Waals surface area contributed by atoms with Gasteiger partial charge >= 0.3 is 0 Å². The molecule has 0 amide bonds. The lowest BCUT2D eigenvalue weighted by molar-refractivity contribution is 0.585. The van der Waals surface area contributed by atoms with Crippen LogP contribution in [0.4, 0.5) is 4.39 Å². The minimum Gasteiger partial charge on any atom is -0.319 e. The molecular formula is C12H13ClFN3. The molecule has 17 heavy (non-hydrogen) atoms. The minimum atomic E-state index is -0.615. The Balaban J connectivity index is 2.55. The summed E-state index contributed by atoms with van der Waals surface area (Å²) in [6, 6.07) is 3.93. The van der Waals surface area contributed by atoms with Crippen molar-refractivity contribution < 1.29 is 4.39 Å². The third-order valence-corrected chi connectivity index (χ3v) is 3.11. The molecule has 2 N–H and O–H groups in total. The summed E-state index contributed by atoms with van der Waals surface area (Å²) >= 11 is 6.00. The quantitative estimate of drug-likeness (QED) is 0.894. The van der Waals surface area contributed by atoms with Gasteiger partial charge < -0.3 is 5.73 Å². The Bertz CT molecular complexity index is 511. The van der Waals surface area contributed by atoms with E-state index >= 15 is 0 Å². The second-order valence-electron chi connectivity index (χ2n) is 3.95. The molecule has 2 aromatic rings. The summed E-state index contributed by atoms with van der Waals surface area (Å²) < 4.78 is 15.4. The molecule has 0 spiro atoms. The molecule has 1 atom stereocenters. The third kappa shape index (κ3) is 2.06. The smallest absolute Gasteiger partial charge is 0.129 e. The summed E-state index contributed by atoms with van der Waals surface area (Å²) in [5, 5.41) is 4.42. The molecule has 0 bridgehead atoms. The average molecular weight is 254 g/mol. The molecule has 1 aromatic carbocycles. The highest BCUT2D eigenvalue weighted by Crippen LogP contribution is 2.29. The molecule has 1 unspecified atom stereocenters. The maximum atomic E-state index is 13.8. The Kier molecular flexibility index (Phi) is 3.17. The van der Waals surface area contributed by atoms with Crippen molar-refractivity contribution in [2.75, 3.05) is 0 Å². The second kappa shape index (κ2) is 4.47. The van der Waals surface area contributed by atoms with Crippen LogP contribution in [0.2, 0.25) is 5.02 Å². The molecule has 0 aliphatic rings. The highest BCUT2D eigenvalue weighted by Gasteiger charge is 2.21. The van der Waals surface area contributed by atoms with E-state index < -0.39 is 11.9 Å². The number of benzene rings is 1. The van der Waals surface area contributed by atoms with E-state index in [1.54, 1.807) is 30.1 Å². The molecule has 0 aliphatic carbocycles. The molecule has 0 saturated heterocycles. The average Bonchev–Trinajstić information content (AvgIpc) is 2.58. The SMILES string of the molecule is Cc1cnn(C)c1C(N)c1c(F)cccc1Cl. The maximum absolute atomic E-state index is 13.8. The van der Waals surface area contributed by atoms with Crippen molar-refractivity contribution in [1.82, 2.24) is 9.78 Å². The standard InChI is InChI=1S/C12H13ClFN3/c1-7-6-16-17(2)12(7)11(15)10-8(13)4-3-5-9(10)14/h3-6,11H,15H2,1-2H3. The summed E-state index contributed by atoms with van der Waals surface area (Å²) in [6.07, 6.45) is 1.70. The van der Waals surface area contributed by atoms with Crippen molar-refractivity contribution in [2.45, 2.75) is 13.0 Å². The van der Waals surface area contributed by atoms with Crippen molar-refractivity contribution in [1.29, 1.82) is 0 Å². The van der Waals surface area contributed by atoms with E-state index in [-0.39, 0.29) is 0 Å². The minimum absolute atomic E-state index is 0.306. The zero-order chi connectivity index (χ0) is 12.6. The summed E-state index contributed by atoms with van der Waals surface area (Å²) in [4.78, 5) is 0. The number of aromatic nitrogens is 2. The lowest BCUT2D eigenvalue weighted by Crippen LogP contribution is -2.18. The number of rotatable bonds is 2. The molecule has 2 rings (SSSR count). The van der Waals surface area contributed by atoms with E-state index in [0.717, 1.165) is 11.3 Å². The van der Waals surface area contributed by atoms with Crippen molar-refractivity contribution in [3.8, 4) is 0 Å². The molecule has 90 valence electrons. The van der Waals surface area contributed by atoms with Gasteiger partial charge in [0, 0.05) is 17.6 Å². The van der Waals surface area contributed by atoms with Crippen LogP contribution in [0, 0.1) is 12.7 Å². The fourth-order valence-electron chi connectivity index (χ4n) is 1.95. The van der Waals surface area contributed by atoms with E-state index in [1.807, 2.05) is 6.92 Å². The van der Waals surface area contributed by atoms with Gasteiger partial charge in [-0.3, -0.25) is 4.68 Å². The van der Waals surface area contributed by atoms with Crippen molar-refractivity contribution in [3.63, 3.8) is 0 Å². The summed E-state index contributed by atoms with van der Waals surface area (Å²) in [5.74, 6) is -0.398. The lowest BCUT2D eigenvalue weighted by Gasteiger charge is -2.16. The molecule has 0 radical (unpaired) electrons. The van der Waals surface area contributed by atoms with Crippen molar-refractivity contribution in [3.05, 3.63) is 52.1 Å². The van der Waals surface area contributed by atoms with Crippen LogP contribution < -0.4 is 5.73 Å². The monoisotopic (exact) mass is 253 g/mol. The first-order valence-electron chi connectivity index (χ1n) is 5.20. The Morgan fingerprint density at radius 3 is 2.71 bits per heavy atom. The van der Waals surface area contributed by atoms with Gasteiger partial charge in [-0.1, -0.05) is 17.7 Å². The molecule has 0 saturated carbocycles. The lowest BCUT2D eigenvalue weighted by atomic mass is 10.0. The van der Waals surface area contributed by atoms with Crippen molar-refractivity contribution in [2.24, 2.45) is 12.8 Å². The number of nitrogens with zero attached hydrogens (tertiary/aromatic N) is 2. The number of hydrogen-bond donors (Lipinski definition) is 1. The van der Waals surface area contributed by atoms with E-state index in [4.69, 9.17) is 17.3 Å². The molecule has 3 nitrogen and oxygen atoms in total. The van der Waals surface area contributed by atoms with Crippen LogP contribution in [0.25, 0.3) is 0 Å². The Morgan fingerprint density at radius 2 is 2.18 bits per heavy atom. The van der Waals surface area contributed by atoms with Crippen LogP contribution in [-0.2, 0) is 7.05 Å². The topological polar surface area (TPSA) is 43.8 Å². The molecule has 1 heterocycles. The van der Waals surface area contributed by atoms with Gasteiger partial charge in [0.25, 0.3) is 0 Å².